The molecule has 0 aliphatic carbocycles. The third kappa shape index (κ3) is 2.74. The molecule has 5 heteroatoms. The number of nitrogens with two attached hydrogens (primary N) is 1. The Labute approximate surface area is 101 Å². The maximum absolute atomic E-state index is 9.08. The van der Waals surface area contributed by atoms with E-state index in [1.807, 2.05) is 6.07 Å². The van der Waals surface area contributed by atoms with Gasteiger partial charge < -0.3 is 15.7 Å². The van der Waals surface area contributed by atoms with Crippen LogP contribution in [0.3, 0.4) is 0 Å². The number of nitrogen functional groups attached to an aromatic ring is 1. The summed E-state index contributed by atoms with van der Waals surface area (Å²) >= 11 is 0. The van der Waals surface area contributed by atoms with E-state index in [-0.39, 0.29) is 12.4 Å². The first-order valence-corrected chi connectivity index (χ1v) is 5.87. The Morgan fingerprint density at radius 2 is 2.18 bits per heavy atom. The van der Waals surface area contributed by atoms with Crippen molar-refractivity contribution in [3.05, 3.63) is 24.0 Å². The van der Waals surface area contributed by atoms with E-state index in [4.69, 9.17) is 16.2 Å². The zero-order chi connectivity index (χ0) is 12.3. The molecule has 0 atom stereocenters. The summed E-state index contributed by atoms with van der Waals surface area (Å²) in [4.78, 5) is 6.41. The second kappa shape index (κ2) is 5.14. The van der Waals surface area contributed by atoms with Crippen LogP contribution >= 0.6 is 0 Å². The number of nitrogens with zero attached hydrogens (tertiary/aromatic N) is 2. The van der Waals surface area contributed by atoms with Crippen LogP contribution in [0.4, 0.5) is 5.69 Å². The van der Waals surface area contributed by atoms with Gasteiger partial charge in [-0.15, -0.1) is 0 Å². The van der Waals surface area contributed by atoms with E-state index in [9.17, 15) is 0 Å². The molecule has 0 aromatic carbocycles. The number of pyridine rings is 1. The largest absolute Gasteiger partial charge is 0.396 e. The van der Waals surface area contributed by atoms with Crippen LogP contribution in [0.1, 0.15) is 18.5 Å². The molecule has 1 aliphatic heterocycles. The quantitative estimate of drug-likeness (QED) is 0.527. The molecular formula is C12H18N4O. The molecule has 1 fully saturated rings. The van der Waals surface area contributed by atoms with Gasteiger partial charge >= 0.3 is 0 Å². The Hall–Kier alpha value is -1.62. The molecule has 17 heavy (non-hydrogen) atoms. The first kappa shape index (κ1) is 11.9. The van der Waals surface area contributed by atoms with Gasteiger partial charge in [0.15, 0.2) is 0 Å². The number of aromatic nitrogens is 1. The highest BCUT2D eigenvalue weighted by atomic mass is 16.3. The van der Waals surface area contributed by atoms with Crippen molar-refractivity contribution < 1.29 is 5.11 Å². The van der Waals surface area contributed by atoms with Crippen molar-refractivity contribution >= 4 is 11.5 Å². The number of rotatable bonds is 3. The van der Waals surface area contributed by atoms with Crippen molar-refractivity contribution in [3.8, 4) is 0 Å². The summed E-state index contributed by atoms with van der Waals surface area (Å²) in [5.41, 5.74) is 6.93. The highest BCUT2D eigenvalue weighted by molar-refractivity contribution is 5.93. The second-order valence-electron chi connectivity index (χ2n) is 4.43. The van der Waals surface area contributed by atoms with Crippen molar-refractivity contribution in [2.75, 3.05) is 24.6 Å². The van der Waals surface area contributed by atoms with Crippen LogP contribution in [0.2, 0.25) is 0 Å². The van der Waals surface area contributed by atoms with Crippen LogP contribution in [0.15, 0.2) is 18.3 Å². The molecule has 2 heterocycles. The molecule has 4 N–H and O–H groups in total. The molecule has 0 bridgehead atoms. The van der Waals surface area contributed by atoms with Crippen LogP contribution in [-0.2, 0) is 0 Å². The molecule has 0 spiro atoms. The summed E-state index contributed by atoms with van der Waals surface area (Å²) < 4.78 is 0. The summed E-state index contributed by atoms with van der Waals surface area (Å²) in [5, 5.41) is 16.4. The lowest BCUT2D eigenvalue weighted by atomic mass is 9.98. The SMILES string of the molecule is N=C(N)c1ccc(N2CCC(CO)CC2)cn1. The molecule has 92 valence electrons. The number of hydrogen-bond acceptors (Lipinski definition) is 4. The van der Waals surface area contributed by atoms with E-state index < -0.39 is 0 Å². The number of piperidine rings is 1. The molecule has 0 saturated carbocycles. The maximum Gasteiger partial charge on any atom is 0.141 e. The van der Waals surface area contributed by atoms with Crippen LogP contribution in [0, 0.1) is 11.3 Å². The van der Waals surface area contributed by atoms with Gasteiger partial charge in [-0.05, 0) is 30.9 Å². The molecule has 1 aliphatic rings. The zero-order valence-electron chi connectivity index (χ0n) is 9.76. The van der Waals surface area contributed by atoms with Gasteiger partial charge in [-0.1, -0.05) is 0 Å². The monoisotopic (exact) mass is 234 g/mol. The van der Waals surface area contributed by atoms with Crippen molar-refractivity contribution in [2.24, 2.45) is 11.7 Å². The number of hydrogen-bond donors (Lipinski definition) is 3. The fourth-order valence-electron chi connectivity index (χ4n) is 2.11. The third-order valence-electron chi connectivity index (χ3n) is 3.26. The normalized spacial score (nSPS) is 17.1. The third-order valence-corrected chi connectivity index (χ3v) is 3.26. The number of amidine groups is 1. The van der Waals surface area contributed by atoms with Gasteiger partial charge in [0, 0.05) is 19.7 Å². The van der Waals surface area contributed by atoms with Gasteiger partial charge in [0.1, 0.15) is 11.5 Å². The minimum absolute atomic E-state index is 0.00413. The average Bonchev–Trinajstić information content (AvgIpc) is 2.39. The standard InChI is InChI=1S/C12H18N4O/c13-12(14)11-2-1-10(7-15-11)16-5-3-9(8-17)4-6-16/h1-2,7,9,17H,3-6,8H2,(H3,13,14). The smallest absolute Gasteiger partial charge is 0.141 e. The molecule has 1 aromatic rings. The van der Waals surface area contributed by atoms with Gasteiger partial charge in [-0.25, -0.2) is 0 Å². The fourth-order valence-corrected chi connectivity index (χ4v) is 2.11. The molecule has 2 rings (SSSR count). The van der Waals surface area contributed by atoms with Crippen molar-refractivity contribution in [2.45, 2.75) is 12.8 Å². The summed E-state index contributed by atoms with van der Waals surface area (Å²) in [6.45, 7) is 2.19. The zero-order valence-corrected chi connectivity index (χ0v) is 9.76. The Balaban J connectivity index is 2.01. The number of aliphatic hydroxyl groups is 1. The predicted octanol–water partition coefficient (Wildman–Crippen LogP) is 0.574. The molecular weight excluding hydrogens is 216 g/mol. The van der Waals surface area contributed by atoms with Gasteiger partial charge in [0.2, 0.25) is 0 Å². The lowest BCUT2D eigenvalue weighted by molar-refractivity contribution is 0.203. The average molecular weight is 234 g/mol. The second-order valence-corrected chi connectivity index (χ2v) is 4.43. The molecule has 1 aromatic heterocycles. The van der Waals surface area contributed by atoms with Crippen molar-refractivity contribution in [1.29, 1.82) is 5.41 Å². The Morgan fingerprint density at radius 3 is 2.65 bits per heavy atom. The topological polar surface area (TPSA) is 86.2 Å². The highest BCUT2D eigenvalue weighted by Crippen LogP contribution is 2.22. The Bertz CT molecular complexity index is 382. The number of aliphatic hydroxyl groups excluding tert-OH is 1. The summed E-state index contributed by atoms with van der Waals surface area (Å²) in [7, 11) is 0. The molecule has 5 nitrogen and oxygen atoms in total. The molecule has 0 unspecified atom stereocenters. The first-order valence-electron chi connectivity index (χ1n) is 5.87. The van der Waals surface area contributed by atoms with Crippen LogP contribution in [0.25, 0.3) is 0 Å². The van der Waals surface area contributed by atoms with E-state index in [1.54, 1.807) is 12.3 Å². The van der Waals surface area contributed by atoms with E-state index in [0.29, 0.717) is 11.6 Å². The molecule has 0 radical (unpaired) electrons. The summed E-state index contributed by atoms with van der Waals surface area (Å²) in [6, 6.07) is 3.72. The van der Waals surface area contributed by atoms with Crippen molar-refractivity contribution in [3.63, 3.8) is 0 Å². The Kier molecular flexibility index (Phi) is 3.58. The van der Waals surface area contributed by atoms with E-state index in [1.165, 1.54) is 0 Å². The minimum Gasteiger partial charge on any atom is -0.396 e. The van der Waals surface area contributed by atoms with Gasteiger partial charge in [0.05, 0.1) is 11.9 Å². The van der Waals surface area contributed by atoms with Crippen LogP contribution < -0.4 is 10.6 Å². The van der Waals surface area contributed by atoms with Gasteiger partial charge in [-0.3, -0.25) is 10.4 Å². The first-order chi connectivity index (χ1) is 8.20. The summed E-state index contributed by atoms with van der Waals surface area (Å²) in [5.74, 6) is 0.436. The van der Waals surface area contributed by atoms with E-state index in [2.05, 4.69) is 9.88 Å². The summed E-state index contributed by atoms with van der Waals surface area (Å²) in [6.07, 6.45) is 3.80. The Morgan fingerprint density at radius 1 is 1.47 bits per heavy atom. The highest BCUT2D eigenvalue weighted by Gasteiger charge is 2.18. The minimum atomic E-state index is -0.00413. The molecule has 0 amide bonds. The van der Waals surface area contributed by atoms with E-state index in [0.717, 1.165) is 31.6 Å². The lowest BCUT2D eigenvalue weighted by Gasteiger charge is -2.32. The lowest BCUT2D eigenvalue weighted by Crippen LogP contribution is -2.34. The number of nitrogens with one attached hydrogen (secondary N) is 1. The van der Waals surface area contributed by atoms with Gasteiger partial charge in [-0.2, -0.15) is 0 Å². The maximum atomic E-state index is 9.08. The predicted molar refractivity (Wildman–Crippen MR) is 67.3 cm³/mol. The van der Waals surface area contributed by atoms with Crippen molar-refractivity contribution in [1.82, 2.24) is 4.98 Å². The number of anilines is 1. The molecule has 1 saturated heterocycles. The van der Waals surface area contributed by atoms with Gasteiger partial charge in [0.25, 0.3) is 0 Å². The van der Waals surface area contributed by atoms with Crippen LogP contribution in [0.5, 0.6) is 0 Å². The van der Waals surface area contributed by atoms with E-state index >= 15 is 0 Å². The fraction of sp³-hybridized carbons (Fsp3) is 0.500. The van der Waals surface area contributed by atoms with Crippen LogP contribution in [-0.4, -0.2) is 35.6 Å².